The van der Waals surface area contributed by atoms with Crippen molar-refractivity contribution in [3.05, 3.63) is 77.4 Å². The second kappa shape index (κ2) is 8.46. The number of anilines is 1. The smallest absolute Gasteiger partial charge is 0.339 e. The van der Waals surface area contributed by atoms with Crippen LogP contribution in [-0.2, 0) is 18.0 Å². The first kappa shape index (κ1) is 19.2. The fourth-order valence-corrected chi connectivity index (χ4v) is 4.58. The number of hydrogen-bond donors (Lipinski definition) is 2. The van der Waals surface area contributed by atoms with E-state index in [1.807, 2.05) is 48.5 Å². The van der Waals surface area contributed by atoms with E-state index in [1.165, 1.54) is 18.0 Å². The van der Waals surface area contributed by atoms with Gasteiger partial charge in [0.1, 0.15) is 27.7 Å². The summed E-state index contributed by atoms with van der Waals surface area (Å²) in [6.07, 6.45) is 1.54. The molecular formula is C20H15ClN2O3S2. The van der Waals surface area contributed by atoms with E-state index < -0.39 is 11.4 Å². The highest BCUT2D eigenvalue weighted by atomic mass is 35.5. The lowest BCUT2D eigenvalue weighted by atomic mass is 10.2. The Morgan fingerprint density at radius 2 is 2.00 bits per heavy atom. The summed E-state index contributed by atoms with van der Waals surface area (Å²) in [6.45, 7) is -0.0381. The molecule has 142 valence electrons. The zero-order valence-corrected chi connectivity index (χ0v) is 16.9. The van der Waals surface area contributed by atoms with Gasteiger partial charge in [0.05, 0.1) is 11.6 Å². The van der Waals surface area contributed by atoms with Gasteiger partial charge in [-0.2, -0.15) is 4.72 Å². The zero-order valence-electron chi connectivity index (χ0n) is 14.5. The first-order valence-corrected chi connectivity index (χ1v) is 10.7. The van der Waals surface area contributed by atoms with Gasteiger partial charge in [-0.25, -0.2) is 4.98 Å². The van der Waals surface area contributed by atoms with Crippen LogP contribution < -0.4 is 4.72 Å². The molecule has 0 fully saturated rings. The number of aliphatic hydroxyl groups excluding tert-OH is 1. The Morgan fingerprint density at radius 1 is 1.14 bits per heavy atom. The van der Waals surface area contributed by atoms with Crippen LogP contribution in [0.4, 0.5) is 5.69 Å². The summed E-state index contributed by atoms with van der Waals surface area (Å²) in [6, 6.07) is 18.4. The Balaban J connectivity index is 1.60. The number of fused-ring (bicyclic) bond motifs is 1. The molecule has 1 unspecified atom stereocenters. The van der Waals surface area contributed by atoms with E-state index in [9.17, 15) is 9.66 Å². The van der Waals surface area contributed by atoms with Gasteiger partial charge in [0.15, 0.2) is 0 Å². The highest BCUT2D eigenvalue weighted by molar-refractivity contribution is 7.99. The monoisotopic (exact) mass is 430 g/mol. The number of aromatic nitrogens is 1. The van der Waals surface area contributed by atoms with Crippen molar-refractivity contribution in [3.63, 3.8) is 0 Å². The number of pyridine rings is 1. The molecular weight excluding hydrogens is 416 g/mol. The van der Waals surface area contributed by atoms with Crippen LogP contribution in [0.3, 0.4) is 0 Å². The van der Waals surface area contributed by atoms with Crippen molar-refractivity contribution in [3.8, 4) is 0 Å². The topological polar surface area (TPSA) is 81.3 Å². The lowest BCUT2D eigenvalue weighted by Crippen LogP contribution is -2.13. The van der Waals surface area contributed by atoms with Gasteiger partial charge in [-0.1, -0.05) is 53.7 Å². The van der Waals surface area contributed by atoms with Gasteiger partial charge in [0, 0.05) is 22.5 Å². The normalized spacial score (nSPS) is 12.2. The van der Waals surface area contributed by atoms with E-state index in [2.05, 4.69) is 9.71 Å². The average molecular weight is 431 g/mol. The number of benzene rings is 2. The van der Waals surface area contributed by atoms with Gasteiger partial charge < -0.3 is 14.1 Å². The average Bonchev–Trinajstić information content (AvgIpc) is 3.15. The predicted molar refractivity (Wildman–Crippen MR) is 112 cm³/mol. The van der Waals surface area contributed by atoms with E-state index in [-0.39, 0.29) is 6.61 Å². The van der Waals surface area contributed by atoms with Gasteiger partial charge in [0.25, 0.3) is 0 Å². The Labute approximate surface area is 174 Å². The third-order valence-corrected chi connectivity index (χ3v) is 6.09. The number of hydrogen-bond acceptors (Lipinski definition) is 6. The van der Waals surface area contributed by atoms with E-state index in [4.69, 9.17) is 16.0 Å². The first-order chi connectivity index (χ1) is 13.6. The van der Waals surface area contributed by atoms with E-state index in [0.717, 1.165) is 15.8 Å². The van der Waals surface area contributed by atoms with Crippen LogP contribution in [0.15, 0.2) is 86.3 Å². The number of halogens is 1. The summed E-state index contributed by atoms with van der Waals surface area (Å²) in [5.41, 5.74) is 2.01. The van der Waals surface area contributed by atoms with Gasteiger partial charge in [-0.3, -0.25) is 0 Å². The zero-order chi connectivity index (χ0) is 19.5. The fourth-order valence-electron chi connectivity index (χ4n) is 2.60. The fraction of sp³-hybridized carbons (Fsp3) is 0.0500. The second-order valence-corrected chi connectivity index (χ2v) is 8.53. The second-order valence-electron chi connectivity index (χ2n) is 5.89. The molecule has 4 aromatic rings. The highest BCUT2D eigenvalue weighted by Crippen LogP contribution is 2.35. The third kappa shape index (κ3) is 4.29. The van der Waals surface area contributed by atoms with Crippen LogP contribution in [0.25, 0.3) is 11.0 Å². The maximum Gasteiger partial charge on any atom is 0.339 e. The summed E-state index contributed by atoms with van der Waals surface area (Å²) in [5.74, 6) is 0. The van der Waals surface area contributed by atoms with Crippen molar-refractivity contribution < 1.29 is 14.1 Å². The van der Waals surface area contributed by atoms with Crippen LogP contribution in [0.2, 0.25) is 5.02 Å². The molecule has 2 heterocycles. The molecule has 8 heteroatoms. The quantitative estimate of drug-likeness (QED) is 0.406. The number of para-hydroxylation sites is 1. The van der Waals surface area contributed by atoms with Gasteiger partial charge in [0.2, 0.25) is 0 Å². The maximum absolute atomic E-state index is 12.8. The van der Waals surface area contributed by atoms with Gasteiger partial charge in [-0.15, -0.1) is 0 Å². The van der Waals surface area contributed by atoms with Crippen LogP contribution >= 0.6 is 23.4 Å². The third-order valence-electron chi connectivity index (χ3n) is 3.90. The van der Waals surface area contributed by atoms with Crippen LogP contribution in [0.1, 0.15) is 5.56 Å². The maximum atomic E-state index is 12.8. The molecule has 0 saturated heterocycles. The molecule has 2 N–H and O–H groups in total. The Bertz CT molecular complexity index is 1090. The Hall–Kier alpha value is -2.16. The first-order valence-electron chi connectivity index (χ1n) is 8.32. The summed E-state index contributed by atoms with van der Waals surface area (Å²) >= 11 is 5.86. The van der Waals surface area contributed by atoms with E-state index in [1.54, 1.807) is 12.1 Å². The molecule has 0 amide bonds. The summed E-state index contributed by atoms with van der Waals surface area (Å²) in [5, 5.41) is 11.6. The summed E-state index contributed by atoms with van der Waals surface area (Å²) in [7, 11) is 0. The lowest BCUT2D eigenvalue weighted by molar-refractivity contribution is 0.281. The van der Waals surface area contributed by atoms with Crippen molar-refractivity contribution in [1.29, 1.82) is 0 Å². The number of rotatable bonds is 6. The van der Waals surface area contributed by atoms with Gasteiger partial charge in [-0.05, 0) is 29.8 Å². The summed E-state index contributed by atoms with van der Waals surface area (Å²) < 4.78 is 21.4. The van der Waals surface area contributed by atoms with Crippen molar-refractivity contribution in [2.24, 2.45) is 0 Å². The van der Waals surface area contributed by atoms with E-state index >= 15 is 0 Å². The molecule has 0 saturated carbocycles. The van der Waals surface area contributed by atoms with Crippen LogP contribution in [-0.4, -0.2) is 14.6 Å². The standard InChI is InChI=1S/C20H15ClN2O3S2/c21-15-10-17(20(22-11-15)27-16-6-3-4-13(8-16)12-24)23-28(25)19-9-14-5-1-2-7-18(14)26-19/h1-11,23-24H,12H2. The molecule has 2 aromatic heterocycles. The molecule has 0 radical (unpaired) electrons. The van der Waals surface area contributed by atoms with Crippen LogP contribution in [0, 0.1) is 0 Å². The van der Waals surface area contributed by atoms with Crippen LogP contribution in [0.5, 0.6) is 0 Å². The van der Waals surface area contributed by atoms with Crippen molar-refractivity contribution in [1.82, 2.24) is 4.98 Å². The molecule has 5 nitrogen and oxygen atoms in total. The Kier molecular flexibility index (Phi) is 5.79. The minimum atomic E-state index is -1.62. The molecule has 0 spiro atoms. The lowest BCUT2D eigenvalue weighted by Gasteiger charge is -2.12. The van der Waals surface area contributed by atoms with Gasteiger partial charge >= 0.3 is 5.09 Å². The minimum absolute atomic E-state index is 0.0381. The van der Waals surface area contributed by atoms with Crippen molar-refractivity contribution >= 4 is 51.4 Å². The largest absolute Gasteiger partial charge is 0.585 e. The van der Waals surface area contributed by atoms with E-state index in [0.29, 0.717) is 26.4 Å². The number of nitrogens with zero attached hydrogens (tertiary/aromatic N) is 1. The number of nitrogens with one attached hydrogen (secondary N) is 1. The molecule has 2 aromatic carbocycles. The molecule has 0 aliphatic rings. The minimum Gasteiger partial charge on any atom is -0.585 e. The molecule has 28 heavy (non-hydrogen) atoms. The van der Waals surface area contributed by atoms with Crippen molar-refractivity contribution in [2.75, 3.05) is 4.72 Å². The molecule has 0 bridgehead atoms. The number of furan rings is 1. The van der Waals surface area contributed by atoms with Crippen molar-refractivity contribution in [2.45, 2.75) is 21.6 Å². The number of aliphatic hydroxyl groups is 1. The molecule has 4 rings (SSSR count). The molecule has 1 atom stereocenters. The molecule has 0 aliphatic heterocycles. The predicted octanol–water partition coefficient (Wildman–Crippen LogP) is 5.26. The summed E-state index contributed by atoms with van der Waals surface area (Å²) in [4.78, 5) is 5.26. The SMILES string of the molecule is [O-][S+](Nc1cc(Cl)cnc1Sc1cccc(CO)c1)c1cc2ccccc2o1. The highest BCUT2D eigenvalue weighted by Gasteiger charge is 2.20. The Morgan fingerprint density at radius 3 is 2.82 bits per heavy atom. The molecule has 0 aliphatic carbocycles.